The van der Waals surface area contributed by atoms with E-state index >= 15 is 0 Å². The van der Waals surface area contributed by atoms with E-state index in [4.69, 9.17) is 4.74 Å². The molecule has 0 aliphatic rings. The number of hydrogen-bond donors (Lipinski definition) is 1. The maximum absolute atomic E-state index is 13.3. The van der Waals surface area contributed by atoms with Crippen LogP contribution in [0.25, 0.3) is 11.3 Å². The Morgan fingerprint density at radius 3 is 2.50 bits per heavy atom. The highest BCUT2D eigenvalue weighted by Crippen LogP contribution is 2.27. The zero-order valence-electron chi connectivity index (χ0n) is 17.4. The van der Waals surface area contributed by atoms with E-state index in [-0.39, 0.29) is 23.9 Å². The molecule has 3 aromatic rings. The lowest BCUT2D eigenvalue weighted by Crippen LogP contribution is -2.24. The van der Waals surface area contributed by atoms with E-state index in [1.807, 2.05) is 35.8 Å². The first-order valence-corrected chi connectivity index (χ1v) is 9.75. The van der Waals surface area contributed by atoms with E-state index in [1.165, 1.54) is 19.1 Å². The van der Waals surface area contributed by atoms with Crippen LogP contribution in [0.4, 0.5) is 4.39 Å². The van der Waals surface area contributed by atoms with Crippen molar-refractivity contribution in [2.45, 2.75) is 33.4 Å². The average Bonchev–Trinajstić information content (AvgIpc) is 3.08. The van der Waals surface area contributed by atoms with Gasteiger partial charge in [-0.3, -0.25) is 9.59 Å². The molecule has 30 heavy (non-hydrogen) atoms. The van der Waals surface area contributed by atoms with Gasteiger partial charge in [-0.25, -0.2) is 4.39 Å². The third kappa shape index (κ3) is 4.95. The summed E-state index contributed by atoms with van der Waals surface area (Å²) >= 11 is 0. The minimum absolute atomic E-state index is 0.0444. The van der Waals surface area contributed by atoms with Crippen LogP contribution >= 0.6 is 0 Å². The lowest BCUT2D eigenvalue weighted by molar-refractivity contribution is -0.121. The molecule has 0 radical (unpaired) electrons. The van der Waals surface area contributed by atoms with Crippen LogP contribution in [0, 0.1) is 12.7 Å². The molecule has 0 aliphatic heterocycles. The highest BCUT2D eigenvalue weighted by Gasteiger charge is 2.17. The maximum atomic E-state index is 13.3. The highest BCUT2D eigenvalue weighted by molar-refractivity contribution is 5.96. The van der Waals surface area contributed by atoms with Gasteiger partial charge in [0.05, 0.1) is 7.11 Å². The zero-order chi connectivity index (χ0) is 21.7. The molecule has 6 heteroatoms. The summed E-state index contributed by atoms with van der Waals surface area (Å²) in [5.41, 5.74) is 3.93. The molecule has 2 aromatic carbocycles. The fourth-order valence-corrected chi connectivity index (χ4v) is 3.43. The van der Waals surface area contributed by atoms with E-state index in [0.717, 1.165) is 28.3 Å². The molecule has 1 N–H and O–H groups in total. The highest BCUT2D eigenvalue weighted by atomic mass is 19.1. The number of carbonyl (C=O) groups is 2. The van der Waals surface area contributed by atoms with Crippen LogP contribution in [0.1, 0.15) is 35.0 Å². The van der Waals surface area contributed by atoms with Gasteiger partial charge in [-0.1, -0.05) is 12.1 Å². The molecule has 0 fully saturated rings. The number of aromatic nitrogens is 1. The average molecular weight is 408 g/mol. The number of methoxy groups -OCH3 is 1. The zero-order valence-corrected chi connectivity index (χ0v) is 17.4. The van der Waals surface area contributed by atoms with Crippen molar-refractivity contribution in [3.05, 3.63) is 77.2 Å². The van der Waals surface area contributed by atoms with Crippen LogP contribution in [0.15, 0.2) is 54.6 Å². The quantitative estimate of drug-likeness (QED) is 0.558. The molecule has 156 valence electrons. The summed E-state index contributed by atoms with van der Waals surface area (Å²) in [6.07, 6.45) is 0.255. The molecule has 0 bridgehead atoms. The number of halogens is 1. The Balaban J connectivity index is 1.72. The largest absolute Gasteiger partial charge is 0.497 e. The van der Waals surface area contributed by atoms with Crippen LogP contribution in [-0.2, 0) is 17.9 Å². The van der Waals surface area contributed by atoms with Crippen LogP contribution in [0.5, 0.6) is 5.75 Å². The summed E-state index contributed by atoms with van der Waals surface area (Å²) in [4.78, 5) is 24.4. The normalized spacial score (nSPS) is 10.7. The fourth-order valence-electron chi connectivity index (χ4n) is 3.43. The predicted octanol–water partition coefficient (Wildman–Crippen LogP) is 4.52. The summed E-state index contributed by atoms with van der Waals surface area (Å²) < 4.78 is 20.5. The topological polar surface area (TPSA) is 60.3 Å². The van der Waals surface area contributed by atoms with Gasteiger partial charge in [0.2, 0.25) is 5.91 Å². The lowest BCUT2D eigenvalue weighted by atomic mass is 10.1. The van der Waals surface area contributed by atoms with Gasteiger partial charge in [-0.05, 0) is 67.4 Å². The molecule has 0 saturated heterocycles. The lowest BCUT2D eigenvalue weighted by Gasteiger charge is -2.13. The molecule has 0 unspecified atom stereocenters. The Bertz CT molecular complexity index is 1050. The van der Waals surface area contributed by atoms with Crippen molar-refractivity contribution in [1.29, 1.82) is 0 Å². The summed E-state index contributed by atoms with van der Waals surface area (Å²) in [6.45, 7) is 4.19. The van der Waals surface area contributed by atoms with Crippen molar-refractivity contribution in [2.24, 2.45) is 0 Å². The SMILES string of the molecule is COc1cccc(CNC(=O)CCn2c(-c3ccc(F)cc3)cc(C(C)=O)c2C)c1. The van der Waals surface area contributed by atoms with Crippen LogP contribution < -0.4 is 10.1 Å². The maximum Gasteiger partial charge on any atom is 0.222 e. The third-order valence-corrected chi connectivity index (χ3v) is 5.07. The predicted molar refractivity (Wildman–Crippen MR) is 114 cm³/mol. The Labute approximate surface area is 175 Å². The summed E-state index contributed by atoms with van der Waals surface area (Å²) in [5.74, 6) is 0.278. The van der Waals surface area contributed by atoms with Crippen molar-refractivity contribution in [3.63, 3.8) is 0 Å². The van der Waals surface area contributed by atoms with Gasteiger partial charge < -0.3 is 14.6 Å². The number of benzene rings is 2. The van der Waals surface area contributed by atoms with Crippen LogP contribution in [0.3, 0.4) is 0 Å². The number of amides is 1. The van der Waals surface area contributed by atoms with Crippen molar-refractivity contribution in [1.82, 2.24) is 9.88 Å². The summed E-state index contributed by atoms with van der Waals surface area (Å²) in [7, 11) is 1.60. The smallest absolute Gasteiger partial charge is 0.222 e. The van der Waals surface area contributed by atoms with Gasteiger partial charge in [0.25, 0.3) is 0 Å². The number of nitrogens with one attached hydrogen (secondary N) is 1. The second-order valence-corrected chi connectivity index (χ2v) is 7.12. The standard InChI is InChI=1S/C24H25FN2O3/c1-16-22(17(2)28)14-23(19-7-9-20(25)10-8-19)27(16)12-11-24(29)26-15-18-5-4-6-21(13-18)30-3/h4-10,13-14H,11-12,15H2,1-3H3,(H,26,29). The van der Waals surface area contributed by atoms with Gasteiger partial charge in [-0.15, -0.1) is 0 Å². The van der Waals surface area contributed by atoms with Gasteiger partial charge in [0.15, 0.2) is 5.78 Å². The minimum Gasteiger partial charge on any atom is -0.497 e. The summed E-state index contributed by atoms with van der Waals surface area (Å²) in [5, 5.41) is 2.91. The number of Topliss-reactive ketones (excluding diaryl/α,β-unsaturated/α-hetero) is 1. The van der Waals surface area contributed by atoms with E-state index in [9.17, 15) is 14.0 Å². The van der Waals surface area contributed by atoms with E-state index in [0.29, 0.717) is 18.7 Å². The number of nitrogens with zero attached hydrogens (tertiary/aromatic N) is 1. The van der Waals surface area contributed by atoms with Gasteiger partial charge in [0.1, 0.15) is 11.6 Å². The van der Waals surface area contributed by atoms with Gasteiger partial charge in [0, 0.05) is 36.5 Å². The fraction of sp³-hybridized carbons (Fsp3) is 0.250. The van der Waals surface area contributed by atoms with E-state index < -0.39 is 0 Å². The van der Waals surface area contributed by atoms with Crippen molar-refractivity contribution >= 4 is 11.7 Å². The second-order valence-electron chi connectivity index (χ2n) is 7.12. The Hall–Kier alpha value is -3.41. The Kier molecular flexibility index (Phi) is 6.67. The van der Waals surface area contributed by atoms with Gasteiger partial charge >= 0.3 is 0 Å². The first-order valence-electron chi connectivity index (χ1n) is 9.75. The summed E-state index contributed by atoms with van der Waals surface area (Å²) in [6, 6.07) is 15.4. The first-order chi connectivity index (χ1) is 14.4. The third-order valence-electron chi connectivity index (χ3n) is 5.07. The molecule has 5 nitrogen and oxygen atoms in total. The van der Waals surface area contributed by atoms with Crippen LogP contribution in [0.2, 0.25) is 0 Å². The second kappa shape index (κ2) is 9.39. The molecule has 3 rings (SSSR count). The molecule has 0 saturated carbocycles. The number of ether oxygens (including phenoxy) is 1. The molecule has 1 amide bonds. The number of ketones is 1. The van der Waals surface area contributed by atoms with Gasteiger partial charge in [-0.2, -0.15) is 0 Å². The Morgan fingerprint density at radius 2 is 1.83 bits per heavy atom. The molecule has 0 atom stereocenters. The number of hydrogen-bond acceptors (Lipinski definition) is 3. The van der Waals surface area contributed by atoms with Crippen LogP contribution in [-0.4, -0.2) is 23.4 Å². The van der Waals surface area contributed by atoms with Crippen molar-refractivity contribution < 1.29 is 18.7 Å². The molecule has 0 spiro atoms. The van der Waals surface area contributed by atoms with Crippen molar-refractivity contribution in [2.75, 3.05) is 7.11 Å². The van der Waals surface area contributed by atoms with E-state index in [2.05, 4.69) is 5.32 Å². The molecular weight excluding hydrogens is 383 g/mol. The van der Waals surface area contributed by atoms with Crippen molar-refractivity contribution in [3.8, 4) is 17.0 Å². The molecule has 0 aliphatic carbocycles. The molecule has 1 heterocycles. The number of carbonyl (C=O) groups excluding carboxylic acids is 2. The van der Waals surface area contributed by atoms with E-state index in [1.54, 1.807) is 25.3 Å². The Morgan fingerprint density at radius 1 is 1.10 bits per heavy atom. The first kappa shape index (κ1) is 21.3. The monoisotopic (exact) mass is 408 g/mol. The molecule has 1 aromatic heterocycles. The molecular formula is C24H25FN2O3. The minimum atomic E-state index is -0.322. The number of rotatable bonds is 8.